The van der Waals surface area contributed by atoms with Gasteiger partial charge in [-0.25, -0.2) is 0 Å². The van der Waals surface area contributed by atoms with Crippen LogP contribution in [0.4, 0.5) is 0 Å². The van der Waals surface area contributed by atoms with Gasteiger partial charge in [0.2, 0.25) is 0 Å². The molecule has 1 unspecified atom stereocenters. The van der Waals surface area contributed by atoms with Crippen molar-refractivity contribution in [2.24, 2.45) is 0 Å². The van der Waals surface area contributed by atoms with Gasteiger partial charge in [0.1, 0.15) is 12.2 Å². The molecule has 3 rings (SSSR count). The molecule has 1 N–H and O–H groups in total. The first-order chi connectivity index (χ1) is 12.3. The van der Waals surface area contributed by atoms with Crippen LogP contribution < -0.4 is 0 Å². The minimum atomic E-state index is -2.79. The van der Waals surface area contributed by atoms with E-state index < -0.39 is 31.6 Å². The first-order valence-electron chi connectivity index (χ1n) is 9.03. The summed E-state index contributed by atoms with van der Waals surface area (Å²) in [6, 6.07) is 17.8. The summed E-state index contributed by atoms with van der Waals surface area (Å²) >= 11 is 0. The Kier molecular flexibility index (Phi) is 3.73. The SMILES string of the molecule is [2H]C([2H])(O)[C@H]1OC(c2ccccc2)O[C@@H]1C([2H])([2H])OCc1ccccc1. The van der Waals surface area contributed by atoms with Gasteiger partial charge in [-0.05, 0) is 5.56 Å². The second-order valence-corrected chi connectivity index (χ2v) is 4.88. The first-order valence-corrected chi connectivity index (χ1v) is 7.03. The number of hydrogen-bond acceptors (Lipinski definition) is 4. The highest BCUT2D eigenvalue weighted by molar-refractivity contribution is 5.17. The summed E-state index contributed by atoms with van der Waals surface area (Å²) in [5.74, 6) is 0. The van der Waals surface area contributed by atoms with Crippen LogP contribution in [0.5, 0.6) is 0 Å². The molecule has 0 aromatic heterocycles. The Balaban J connectivity index is 1.78. The van der Waals surface area contributed by atoms with Gasteiger partial charge in [0, 0.05) is 5.56 Å². The molecular formula is C18H20O4. The molecule has 1 heterocycles. The molecular weight excluding hydrogens is 280 g/mol. The van der Waals surface area contributed by atoms with Crippen molar-refractivity contribution in [3.63, 3.8) is 0 Å². The van der Waals surface area contributed by atoms with Crippen molar-refractivity contribution < 1.29 is 24.8 Å². The summed E-state index contributed by atoms with van der Waals surface area (Å²) < 4.78 is 48.0. The fraction of sp³-hybridized carbons (Fsp3) is 0.333. The van der Waals surface area contributed by atoms with Crippen LogP contribution in [0, 0.1) is 0 Å². The predicted octanol–water partition coefficient (Wildman–Crippen LogP) is 2.68. The van der Waals surface area contributed by atoms with Crippen LogP contribution in [0.2, 0.25) is 0 Å². The van der Waals surface area contributed by atoms with Crippen molar-refractivity contribution in [3.8, 4) is 0 Å². The molecule has 0 amide bonds. The Bertz CT molecular complexity index is 706. The van der Waals surface area contributed by atoms with Crippen molar-refractivity contribution in [2.45, 2.75) is 25.1 Å². The third-order valence-corrected chi connectivity index (χ3v) is 3.30. The van der Waals surface area contributed by atoms with E-state index in [0.717, 1.165) is 5.56 Å². The minimum absolute atomic E-state index is 0.0230. The lowest BCUT2D eigenvalue weighted by molar-refractivity contribution is -0.0810. The zero-order valence-electron chi connectivity index (χ0n) is 15.9. The summed E-state index contributed by atoms with van der Waals surface area (Å²) in [7, 11) is 0. The monoisotopic (exact) mass is 304 g/mol. The Morgan fingerprint density at radius 1 is 0.955 bits per heavy atom. The molecule has 0 saturated carbocycles. The average Bonchev–Trinajstić information content (AvgIpc) is 3.09. The van der Waals surface area contributed by atoms with E-state index in [1.54, 1.807) is 42.5 Å². The van der Waals surface area contributed by atoms with E-state index in [0.29, 0.717) is 5.56 Å². The van der Waals surface area contributed by atoms with Crippen molar-refractivity contribution in [1.82, 2.24) is 0 Å². The number of hydrogen-bond donors (Lipinski definition) is 1. The molecule has 2 aromatic rings. The second-order valence-electron chi connectivity index (χ2n) is 4.88. The van der Waals surface area contributed by atoms with Crippen LogP contribution in [0.25, 0.3) is 0 Å². The molecule has 0 radical (unpaired) electrons. The molecule has 2 aromatic carbocycles. The van der Waals surface area contributed by atoms with Gasteiger partial charge >= 0.3 is 0 Å². The maximum atomic E-state index is 9.81. The standard InChI is InChI=1S/C18H20O4/c19-11-16-17(13-20-12-14-7-3-1-4-8-14)22-18(21-16)15-9-5-2-6-10-15/h1-10,16-19H,11-13H2/t16-,17-,18?/m1/s1/i11D2,13D2. The molecule has 22 heavy (non-hydrogen) atoms. The second kappa shape index (κ2) is 7.51. The van der Waals surface area contributed by atoms with Crippen molar-refractivity contribution in [3.05, 3.63) is 71.8 Å². The van der Waals surface area contributed by atoms with Gasteiger partial charge in [-0.15, -0.1) is 0 Å². The van der Waals surface area contributed by atoms with Crippen molar-refractivity contribution in [2.75, 3.05) is 13.1 Å². The lowest BCUT2D eigenvalue weighted by atomic mass is 10.2. The summed E-state index contributed by atoms with van der Waals surface area (Å²) in [5, 5.41) is 9.81. The van der Waals surface area contributed by atoms with Crippen LogP contribution in [0.1, 0.15) is 22.9 Å². The Hall–Kier alpha value is -1.72. The summed E-state index contributed by atoms with van der Waals surface area (Å²) in [6.07, 6.45) is -3.99. The van der Waals surface area contributed by atoms with Crippen LogP contribution in [-0.4, -0.2) is 30.4 Å². The average molecular weight is 304 g/mol. The molecule has 116 valence electrons. The molecule has 0 bridgehead atoms. The number of rotatable bonds is 6. The maximum absolute atomic E-state index is 9.81. The first kappa shape index (κ1) is 10.9. The smallest absolute Gasteiger partial charge is 0.184 e. The zero-order valence-corrected chi connectivity index (χ0v) is 11.9. The van der Waals surface area contributed by atoms with Crippen molar-refractivity contribution >= 4 is 0 Å². The normalized spacial score (nSPS) is 28.5. The fourth-order valence-electron chi connectivity index (χ4n) is 2.18. The molecule has 1 saturated heterocycles. The third kappa shape index (κ3) is 3.72. The molecule has 1 fully saturated rings. The highest BCUT2D eigenvalue weighted by Crippen LogP contribution is 2.31. The van der Waals surface area contributed by atoms with Gasteiger partial charge in [-0.3, -0.25) is 0 Å². The Morgan fingerprint density at radius 3 is 2.27 bits per heavy atom. The maximum Gasteiger partial charge on any atom is 0.184 e. The van der Waals surface area contributed by atoms with E-state index in [-0.39, 0.29) is 6.61 Å². The molecule has 3 atom stereocenters. The largest absolute Gasteiger partial charge is 0.394 e. The number of benzene rings is 2. The lowest BCUT2D eigenvalue weighted by Crippen LogP contribution is -2.30. The summed E-state index contributed by atoms with van der Waals surface area (Å²) in [5.41, 5.74) is 1.36. The zero-order chi connectivity index (χ0) is 18.8. The summed E-state index contributed by atoms with van der Waals surface area (Å²) in [4.78, 5) is 0. The quantitative estimate of drug-likeness (QED) is 0.891. The fourth-order valence-corrected chi connectivity index (χ4v) is 2.18. The number of aliphatic hydroxyl groups is 1. The molecule has 1 aliphatic heterocycles. The highest BCUT2D eigenvalue weighted by atomic mass is 16.7. The topological polar surface area (TPSA) is 47.9 Å². The van der Waals surface area contributed by atoms with E-state index >= 15 is 0 Å². The Labute approximate surface area is 135 Å². The van der Waals surface area contributed by atoms with Gasteiger partial charge in [-0.1, -0.05) is 60.7 Å². The van der Waals surface area contributed by atoms with Crippen LogP contribution in [0.15, 0.2) is 60.7 Å². The van der Waals surface area contributed by atoms with Gasteiger partial charge in [0.25, 0.3) is 0 Å². The molecule has 0 spiro atoms. The highest BCUT2D eigenvalue weighted by Gasteiger charge is 2.36. The minimum Gasteiger partial charge on any atom is -0.394 e. The van der Waals surface area contributed by atoms with Gasteiger partial charge in [0.15, 0.2) is 6.29 Å². The van der Waals surface area contributed by atoms with E-state index in [2.05, 4.69) is 0 Å². The Morgan fingerprint density at radius 2 is 1.59 bits per heavy atom. The number of ether oxygens (including phenoxy) is 3. The van der Waals surface area contributed by atoms with Gasteiger partial charge in [-0.2, -0.15) is 0 Å². The molecule has 4 nitrogen and oxygen atoms in total. The molecule has 0 aliphatic carbocycles. The van der Waals surface area contributed by atoms with Gasteiger partial charge < -0.3 is 19.3 Å². The van der Waals surface area contributed by atoms with E-state index in [1.165, 1.54) is 0 Å². The van der Waals surface area contributed by atoms with E-state index in [9.17, 15) is 5.11 Å². The van der Waals surface area contributed by atoms with Crippen molar-refractivity contribution in [1.29, 1.82) is 0 Å². The third-order valence-electron chi connectivity index (χ3n) is 3.30. The molecule has 1 aliphatic rings. The predicted molar refractivity (Wildman–Crippen MR) is 82.1 cm³/mol. The van der Waals surface area contributed by atoms with Gasteiger partial charge in [0.05, 0.1) is 25.2 Å². The molecule has 4 heteroatoms. The van der Waals surface area contributed by atoms with Crippen LogP contribution in [-0.2, 0) is 20.8 Å². The van der Waals surface area contributed by atoms with E-state index in [4.69, 9.17) is 19.7 Å². The van der Waals surface area contributed by atoms with E-state index in [1.807, 2.05) is 18.2 Å². The van der Waals surface area contributed by atoms with Crippen LogP contribution in [0.3, 0.4) is 0 Å². The summed E-state index contributed by atoms with van der Waals surface area (Å²) in [6.45, 7) is -5.19. The lowest BCUT2D eigenvalue weighted by Gasteiger charge is -2.14. The van der Waals surface area contributed by atoms with Crippen LogP contribution >= 0.6 is 0 Å².